The van der Waals surface area contributed by atoms with Gasteiger partial charge in [-0.25, -0.2) is 0 Å². The van der Waals surface area contributed by atoms with Crippen molar-refractivity contribution < 1.29 is 5.11 Å². The van der Waals surface area contributed by atoms with E-state index in [0.717, 1.165) is 31.4 Å². The molecule has 0 radical (unpaired) electrons. The average molecular weight is 226 g/mol. The number of pyridine rings is 1. The number of hydrogen-bond acceptors (Lipinski definition) is 2. The lowest BCUT2D eigenvalue weighted by Gasteiger charge is -2.31. The highest BCUT2D eigenvalue weighted by molar-refractivity contribution is 6.31. The predicted octanol–water partition coefficient (Wildman–Crippen LogP) is 2.97. The summed E-state index contributed by atoms with van der Waals surface area (Å²) in [5.41, 5.74) is 0.250. The number of hydrogen-bond donors (Lipinski definition) is 1. The molecule has 2 nitrogen and oxygen atoms in total. The lowest BCUT2D eigenvalue weighted by molar-refractivity contribution is 0.00369. The van der Waals surface area contributed by atoms with Gasteiger partial charge in [0, 0.05) is 12.6 Å². The minimum atomic E-state index is -0.573. The highest BCUT2D eigenvalue weighted by atomic mass is 35.5. The average Bonchev–Trinajstić information content (AvgIpc) is 2.22. The molecule has 1 aliphatic rings. The van der Waals surface area contributed by atoms with E-state index >= 15 is 0 Å². The van der Waals surface area contributed by atoms with E-state index in [2.05, 4.69) is 4.98 Å². The van der Waals surface area contributed by atoms with E-state index in [-0.39, 0.29) is 0 Å². The first-order chi connectivity index (χ1) is 7.20. The first-order valence-electron chi connectivity index (χ1n) is 5.51. The Morgan fingerprint density at radius 2 is 2.07 bits per heavy atom. The van der Waals surface area contributed by atoms with E-state index in [4.69, 9.17) is 11.6 Å². The van der Waals surface area contributed by atoms with Crippen molar-refractivity contribution >= 4 is 11.6 Å². The fraction of sp³-hybridized carbons (Fsp3) is 0.583. The van der Waals surface area contributed by atoms with Gasteiger partial charge in [0.1, 0.15) is 0 Å². The van der Waals surface area contributed by atoms with Crippen molar-refractivity contribution in [1.82, 2.24) is 4.98 Å². The second kappa shape index (κ2) is 4.50. The van der Waals surface area contributed by atoms with E-state index in [1.165, 1.54) is 6.42 Å². The molecule has 1 aromatic rings. The molecular weight excluding hydrogens is 210 g/mol. The molecule has 0 bridgehead atoms. The highest BCUT2D eigenvalue weighted by Gasteiger charge is 2.30. The van der Waals surface area contributed by atoms with Gasteiger partial charge < -0.3 is 5.11 Å². The van der Waals surface area contributed by atoms with E-state index in [9.17, 15) is 5.11 Å². The lowest BCUT2D eigenvalue weighted by Crippen LogP contribution is -2.34. The van der Waals surface area contributed by atoms with Crippen LogP contribution in [0, 0.1) is 0 Å². The summed E-state index contributed by atoms with van der Waals surface area (Å²) >= 11 is 6.03. The summed E-state index contributed by atoms with van der Waals surface area (Å²) in [7, 11) is 0. The molecule has 1 saturated carbocycles. The van der Waals surface area contributed by atoms with Crippen LogP contribution in [0.15, 0.2) is 18.3 Å². The van der Waals surface area contributed by atoms with Gasteiger partial charge in [-0.05, 0) is 25.0 Å². The number of aliphatic hydroxyl groups is 1. The normalized spacial score (nSPS) is 20.1. The summed E-state index contributed by atoms with van der Waals surface area (Å²) in [6.45, 7) is 0. The minimum Gasteiger partial charge on any atom is -0.389 e. The minimum absolute atomic E-state index is 0.573. The molecule has 1 N–H and O–H groups in total. The van der Waals surface area contributed by atoms with Gasteiger partial charge >= 0.3 is 0 Å². The smallest absolute Gasteiger partial charge is 0.0703 e. The quantitative estimate of drug-likeness (QED) is 0.840. The third-order valence-electron chi connectivity index (χ3n) is 3.12. The van der Waals surface area contributed by atoms with Gasteiger partial charge in [0.2, 0.25) is 0 Å². The van der Waals surface area contributed by atoms with Gasteiger partial charge in [-0.3, -0.25) is 4.98 Å². The van der Waals surface area contributed by atoms with Crippen molar-refractivity contribution in [3.05, 3.63) is 29.0 Å². The summed E-state index contributed by atoms with van der Waals surface area (Å²) in [6.07, 6.45) is 7.53. The third-order valence-corrected chi connectivity index (χ3v) is 3.46. The van der Waals surface area contributed by atoms with Crippen molar-refractivity contribution in [1.29, 1.82) is 0 Å². The summed E-state index contributed by atoms with van der Waals surface area (Å²) in [4.78, 5) is 4.23. The lowest BCUT2D eigenvalue weighted by atomic mass is 9.81. The standard InChI is InChI=1S/C12H16ClNO/c13-10-5-4-8-14-11(10)9-12(15)6-2-1-3-7-12/h4-5,8,15H,1-3,6-7,9H2. The highest BCUT2D eigenvalue weighted by Crippen LogP contribution is 2.32. The topological polar surface area (TPSA) is 33.1 Å². The van der Waals surface area contributed by atoms with Gasteiger partial charge in [-0.2, -0.15) is 0 Å². The van der Waals surface area contributed by atoms with E-state index in [0.29, 0.717) is 11.4 Å². The van der Waals surface area contributed by atoms with Crippen LogP contribution in [0.2, 0.25) is 5.02 Å². The molecule has 0 amide bonds. The molecule has 82 valence electrons. The fourth-order valence-electron chi connectivity index (χ4n) is 2.25. The number of nitrogens with zero attached hydrogens (tertiary/aromatic N) is 1. The maximum absolute atomic E-state index is 10.4. The van der Waals surface area contributed by atoms with Crippen LogP contribution in [0.4, 0.5) is 0 Å². The van der Waals surface area contributed by atoms with Crippen LogP contribution < -0.4 is 0 Å². The first-order valence-corrected chi connectivity index (χ1v) is 5.89. The van der Waals surface area contributed by atoms with Crippen molar-refractivity contribution in [2.45, 2.75) is 44.1 Å². The number of halogens is 1. The molecule has 1 aromatic heterocycles. The molecule has 0 aliphatic heterocycles. The van der Waals surface area contributed by atoms with Gasteiger partial charge in [-0.15, -0.1) is 0 Å². The molecule has 3 heteroatoms. The predicted molar refractivity (Wildman–Crippen MR) is 61.0 cm³/mol. The zero-order valence-electron chi connectivity index (χ0n) is 8.75. The van der Waals surface area contributed by atoms with Crippen LogP contribution in [0.25, 0.3) is 0 Å². The Labute approximate surface area is 95.3 Å². The van der Waals surface area contributed by atoms with Crippen LogP contribution in [0.5, 0.6) is 0 Å². The van der Waals surface area contributed by atoms with Crippen molar-refractivity contribution in [3.63, 3.8) is 0 Å². The Balaban J connectivity index is 2.10. The Morgan fingerprint density at radius 1 is 1.33 bits per heavy atom. The Morgan fingerprint density at radius 3 is 2.73 bits per heavy atom. The van der Waals surface area contributed by atoms with Gasteiger partial charge in [-0.1, -0.05) is 30.9 Å². The van der Waals surface area contributed by atoms with Crippen LogP contribution in [0.1, 0.15) is 37.8 Å². The third kappa shape index (κ3) is 2.70. The van der Waals surface area contributed by atoms with Crippen LogP contribution in [-0.2, 0) is 6.42 Å². The largest absolute Gasteiger partial charge is 0.389 e. The van der Waals surface area contributed by atoms with Gasteiger partial charge in [0.05, 0.1) is 16.3 Å². The van der Waals surface area contributed by atoms with Gasteiger partial charge in [0.25, 0.3) is 0 Å². The molecule has 15 heavy (non-hydrogen) atoms. The summed E-state index contributed by atoms with van der Waals surface area (Å²) in [5, 5.41) is 11.0. The fourth-order valence-corrected chi connectivity index (χ4v) is 2.44. The number of rotatable bonds is 2. The maximum Gasteiger partial charge on any atom is 0.0703 e. The zero-order valence-corrected chi connectivity index (χ0v) is 9.50. The molecule has 0 saturated heterocycles. The molecule has 0 unspecified atom stereocenters. The Kier molecular flexibility index (Phi) is 3.27. The van der Waals surface area contributed by atoms with Crippen LogP contribution in [-0.4, -0.2) is 15.7 Å². The molecule has 0 aromatic carbocycles. The Bertz CT molecular complexity index is 334. The number of aromatic nitrogens is 1. The molecule has 1 fully saturated rings. The van der Waals surface area contributed by atoms with E-state index in [1.54, 1.807) is 6.20 Å². The molecular formula is C12H16ClNO. The van der Waals surface area contributed by atoms with Crippen molar-refractivity contribution in [2.24, 2.45) is 0 Å². The van der Waals surface area contributed by atoms with Crippen molar-refractivity contribution in [3.8, 4) is 0 Å². The molecule has 2 rings (SSSR count). The molecule has 0 spiro atoms. The summed E-state index contributed by atoms with van der Waals surface area (Å²) < 4.78 is 0. The molecule has 0 atom stereocenters. The zero-order chi connectivity index (χ0) is 10.7. The summed E-state index contributed by atoms with van der Waals surface area (Å²) in [6, 6.07) is 3.65. The molecule has 1 heterocycles. The first kappa shape index (κ1) is 10.9. The maximum atomic E-state index is 10.4. The summed E-state index contributed by atoms with van der Waals surface area (Å²) in [5.74, 6) is 0. The molecule has 1 aliphatic carbocycles. The van der Waals surface area contributed by atoms with E-state index < -0.39 is 5.60 Å². The van der Waals surface area contributed by atoms with Gasteiger partial charge in [0.15, 0.2) is 0 Å². The Hall–Kier alpha value is -0.600. The van der Waals surface area contributed by atoms with Crippen LogP contribution >= 0.6 is 11.6 Å². The second-order valence-electron chi connectivity index (χ2n) is 4.39. The van der Waals surface area contributed by atoms with Crippen LogP contribution in [0.3, 0.4) is 0 Å². The van der Waals surface area contributed by atoms with Crippen molar-refractivity contribution in [2.75, 3.05) is 0 Å². The second-order valence-corrected chi connectivity index (χ2v) is 4.80. The SMILES string of the molecule is OC1(Cc2ncccc2Cl)CCCCC1. The van der Waals surface area contributed by atoms with E-state index in [1.807, 2.05) is 12.1 Å². The monoisotopic (exact) mass is 225 g/mol.